The van der Waals surface area contributed by atoms with Gasteiger partial charge in [-0.2, -0.15) is 0 Å². The third-order valence-electron chi connectivity index (χ3n) is 12.7. The number of fused-ring (bicyclic) bond motifs is 8. The predicted octanol–water partition coefficient (Wildman–Crippen LogP) is 14.3. The molecule has 0 atom stereocenters. The number of benzene rings is 9. The number of carbonyl (C=O) groups excluding carboxylic acids is 1. The summed E-state index contributed by atoms with van der Waals surface area (Å²) in [6.07, 6.45) is 0.951. The topological polar surface area (TPSA) is 25.2 Å². The van der Waals surface area contributed by atoms with Gasteiger partial charge in [-0.1, -0.05) is 153 Å². The summed E-state index contributed by atoms with van der Waals surface area (Å²) in [4.78, 5) is 14.5. The van der Waals surface area contributed by atoms with Gasteiger partial charge in [0, 0.05) is 56.5 Å². The van der Waals surface area contributed by atoms with Crippen LogP contribution in [-0.2, 0) is 5.41 Å². The average molecular weight is 745 g/mol. The summed E-state index contributed by atoms with van der Waals surface area (Å²) in [6, 6.07) is 65.5. The first kappa shape index (κ1) is 34.1. The zero-order chi connectivity index (χ0) is 39.1. The molecule has 11 rings (SSSR count). The van der Waals surface area contributed by atoms with Crippen molar-refractivity contribution in [2.75, 3.05) is 11.9 Å². The highest BCUT2D eigenvalue weighted by Crippen LogP contribution is 2.52. The zero-order valence-electron chi connectivity index (χ0n) is 32.7. The van der Waals surface area contributed by atoms with E-state index in [0.717, 1.165) is 34.5 Å². The van der Waals surface area contributed by atoms with Crippen LogP contribution >= 0.6 is 0 Å². The van der Waals surface area contributed by atoms with Crippen LogP contribution in [0.15, 0.2) is 182 Å². The van der Waals surface area contributed by atoms with Crippen LogP contribution in [0.1, 0.15) is 35.3 Å². The molecule has 9 aromatic carbocycles. The number of hydrogen-bond acceptors (Lipinski definition) is 2. The predicted molar refractivity (Wildman–Crippen MR) is 244 cm³/mol. The molecule has 0 saturated heterocycles. The Morgan fingerprint density at radius 2 is 1.07 bits per heavy atom. The fourth-order valence-corrected chi connectivity index (χ4v) is 9.96. The lowest BCUT2D eigenvalue weighted by Crippen LogP contribution is -2.14. The third kappa shape index (κ3) is 4.90. The summed E-state index contributed by atoms with van der Waals surface area (Å²) in [7, 11) is 2.15. The van der Waals surface area contributed by atoms with Crippen LogP contribution in [-0.4, -0.2) is 17.9 Å². The first-order chi connectivity index (χ1) is 28.4. The fraction of sp³-hybridized carbons (Fsp3) is 0.0727. The summed E-state index contributed by atoms with van der Waals surface area (Å²) >= 11 is 0. The van der Waals surface area contributed by atoms with Crippen LogP contribution in [0.3, 0.4) is 0 Å². The molecule has 3 heteroatoms. The Hall–Kier alpha value is -7.23. The monoisotopic (exact) mass is 744 g/mol. The molecular weight excluding hydrogens is 705 g/mol. The Labute approximate surface area is 338 Å². The van der Waals surface area contributed by atoms with E-state index < -0.39 is 0 Å². The number of rotatable bonds is 6. The number of hydrogen-bond donors (Lipinski definition) is 0. The quantitative estimate of drug-likeness (QED) is 0.125. The van der Waals surface area contributed by atoms with Gasteiger partial charge in [-0.15, -0.1) is 0 Å². The lowest BCUT2D eigenvalue weighted by molar-refractivity contribution is 0.112. The molecule has 1 aliphatic carbocycles. The van der Waals surface area contributed by atoms with Gasteiger partial charge in [-0.3, -0.25) is 4.79 Å². The van der Waals surface area contributed by atoms with Gasteiger partial charge in [-0.25, -0.2) is 0 Å². The van der Waals surface area contributed by atoms with Crippen LogP contribution in [0.2, 0.25) is 0 Å². The van der Waals surface area contributed by atoms with Gasteiger partial charge in [-0.05, 0) is 92.2 Å². The minimum absolute atomic E-state index is 0.103. The Bertz CT molecular complexity index is 3240. The lowest BCUT2D eigenvalue weighted by atomic mass is 9.82. The average Bonchev–Trinajstić information content (AvgIpc) is 3.71. The van der Waals surface area contributed by atoms with Crippen molar-refractivity contribution in [3.8, 4) is 39.1 Å². The SMILES string of the molecule is CN(c1ccccc1-c1ccccc1C=O)c1c2ccccc2c(-c2ccc3c(c2)c2cc4c(cc2n3-c2ccccc2)C(C)(C)c2ccccc2-4)c2ccccc12. The molecular formula is C55H40N2O. The summed E-state index contributed by atoms with van der Waals surface area (Å²) in [5, 5.41) is 7.21. The van der Waals surface area contributed by atoms with Crippen LogP contribution in [0.25, 0.3) is 82.4 Å². The Balaban J connectivity index is 1.18. The molecule has 0 saturated carbocycles. The van der Waals surface area contributed by atoms with Crippen molar-refractivity contribution in [1.29, 1.82) is 0 Å². The molecule has 3 nitrogen and oxygen atoms in total. The smallest absolute Gasteiger partial charge is 0.150 e. The standard InChI is InChI=1S/C55H40N2O/c1-55(2)48-27-15-13-21-39(48)45-32-47-46-31-35(29-30-51(46)57(52(47)33-49(45)55)37-18-5-4-6-19-37)53-41-23-9-11-25-43(41)54(44-26-12-10-24-42(44)53)56(3)50-28-16-14-22-40(50)38-20-8-7-17-36(38)34-58/h4-34H,1-3H3. The van der Waals surface area contributed by atoms with E-state index in [4.69, 9.17) is 0 Å². The van der Waals surface area contributed by atoms with Crippen molar-refractivity contribution in [2.24, 2.45) is 0 Å². The third-order valence-corrected chi connectivity index (χ3v) is 12.7. The maximum absolute atomic E-state index is 12.2. The first-order valence-electron chi connectivity index (χ1n) is 20.0. The number of nitrogens with zero attached hydrogens (tertiary/aromatic N) is 2. The number of aldehydes is 1. The molecule has 0 spiro atoms. The van der Waals surface area contributed by atoms with E-state index in [9.17, 15) is 4.79 Å². The van der Waals surface area contributed by atoms with Crippen molar-refractivity contribution in [3.63, 3.8) is 0 Å². The van der Waals surface area contributed by atoms with Crippen molar-refractivity contribution >= 4 is 61.0 Å². The van der Waals surface area contributed by atoms with Crippen molar-refractivity contribution in [3.05, 3.63) is 199 Å². The van der Waals surface area contributed by atoms with E-state index in [-0.39, 0.29) is 5.41 Å². The van der Waals surface area contributed by atoms with Gasteiger partial charge >= 0.3 is 0 Å². The molecule has 10 aromatic rings. The molecule has 0 bridgehead atoms. The molecule has 0 N–H and O–H groups in total. The van der Waals surface area contributed by atoms with Gasteiger partial charge in [0.15, 0.2) is 6.29 Å². The van der Waals surface area contributed by atoms with Crippen molar-refractivity contribution < 1.29 is 4.79 Å². The molecule has 0 fully saturated rings. The number of para-hydroxylation sites is 2. The highest BCUT2D eigenvalue weighted by atomic mass is 16.1. The van der Waals surface area contributed by atoms with E-state index in [0.29, 0.717) is 5.56 Å². The second kappa shape index (κ2) is 12.9. The molecule has 276 valence electrons. The second-order valence-electron chi connectivity index (χ2n) is 16.1. The highest BCUT2D eigenvalue weighted by Gasteiger charge is 2.36. The van der Waals surface area contributed by atoms with E-state index >= 15 is 0 Å². The zero-order valence-corrected chi connectivity index (χ0v) is 32.7. The number of anilines is 2. The molecule has 0 unspecified atom stereocenters. The van der Waals surface area contributed by atoms with Crippen LogP contribution in [0, 0.1) is 0 Å². The summed E-state index contributed by atoms with van der Waals surface area (Å²) < 4.78 is 2.45. The Kier molecular flexibility index (Phi) is 7.58. The van der Waals surface area contributed by atoms with E-state index in [2.05, 4.69) is 182 Å². The maximum atomic E-state index is 12.2. The normalized spacial score (nSPS) is 12.9. The molecule has 1 aliphatic rings. The highest BCUT2D eigenvalue weighted by molar-refractivity contribution is 6.23. The first-order valence-corrected chi connectivity index (χ1v) is 20.0. The van der Waals surface area contributed by atoms with Gasteiger partial charge in [0.1, 0.15) is 0 Å². The summed E-state index contributed by atoms with van der Waals surface area (Å²) in [5.74, 6) is 0. The molecule has 58 heavy (non-hydrogen) atoms. The minimum atomic E-state index is -0.103. The van der Waals surface area contributed by atoms with Gasteiger partial charge in [0.2, 0.25) is 0 Å². The van der Waals surface area contributed by atoms with Crippen LogP contribution in [0.5, 0.6) is 0 Å². The van der Waals surface area contributed by atoms with E-state index in [1.165, 1.54) is 76.7 Å². The summed E-state index contributed by atoms with van der Waals surface area (Å²) in [5.41, 5.74) is 16.1. The maximum Gasteiger partial charge on any atom is 0.150 e. The van der Waals surface area contributed by atoms with Crippen LogP contribution < -0.4 is 4.90 Å². The Morgan fingerprint density at radius 3 is 1.79 bits per heavy atom. The minimum Gasteiger partial charge on any atom is -0.343 e. The van der Waals surface area contributed by atoms with Gasteiger partial charge in [0.05, 0.1) is 16.7 Å². The van der Waals surface area contributed by atoms with Crippen molar-refractivity contribution in [1.82, 2.24) is 4.57 Å². The number of carbonyl (C=O) groups is 1. The molecule has 0 aliphatic heterocycles. The molecule has 1 aromatic heterocycles. The van der Waals surface area contributed by atoms with E-state index in [1.807, 2.05) is 30.3 Å². The number of aromatic nitrogens is 1. The molecule has 0 radical (unpaired) electrons. The fourth-order valence-electron chi connectivity index (χ4n) is 9.96. The van der Waals surface area contributed by atoms with Crippen molar-refractivity contribution in [2.45, 2.75) is 19.3 Å². The van der Waals surface area contributed by atoms with Gasteiger partial charge < -0.3 is 9.47 Å². The van der Waals surface area contributed by atoms with Crippen LogP contribution in [0.4, 0.5) is 11.4 Å². The van der Waals surface area contributed by atoms with E-state index in [1.54, 1.807) is 0 Å². The molecule has 0 amide bonds. The summed E-state index contributed by atoms with van der Waals surface area (Å²) in [6.45, 7) is 4.72. The van der Waals surface area contributed by atoms with Gasteiger partial charge in [0.25, 0.3) is 0 Å². The molecule has 1 heterocycles. The Morgan fingerprint density at radius 1 is 0.483 bits per heavy atom. The largest absolute Gasteiger partial charge is 0.343 e. The second-order valence-corrected chi connectivity index (χ2v) is 16.1. The lowest BCUT2D eigenvalue weighted by Gasteiger charge is -2.27.